The lowest BCUT2D eigenvalue weighted by atomic mass is 10.1. The van der Waals surface area contributed by atoms with Crippen molar-refractivity contribution < 1.29 is 0 Å². The van der Waals surface area contributed by atoms with E-state index in [1.807, 2.05) is 12.3 Å². The molecule has 1 atom stereocenters. The highest BCUT2D eigenvalue weighted by Gasteiger charge is 2.13. The van der Waals surface area contributed by atoms with E-state index in [0.29, 0.717) is 0 Å². The van der Waals surface area contributed by atoms with E-state index < -0.39 is 0 Å². The van der Waals surface area contributed by atoms with Crippen LogP contribution >= 0.6 is 15.9 Å². The molecule has 1 unspecified atom stereocenters. The Labute approximate surface area is 110 Å². The maximum absolute atomic E-state index is 4.32. The summed E-state index contributed by atoms with van der Waals surface area (Å²) in [5.74, 6) is 0.992. The number of aromatic nitrogens is 2. The molecule has 1 aromatic heterocycles. The number of H-pyrrole nitrogens is 1. The van der Waals surface area contributed by atoms with Crippen LogP contribution < -0.4 is 5.32 Å². The number of halogens is 1. The van der Waals surface area contributed by atoms with Crippen molar-refractivity contribution in [3.05, 3.63) is 52.5 Å². The molecule has 17 heavy (non-hydrogen) atoms. The lowest BCUT2D eigenvalue weighted by Crippen LogP contribution is -2.24. The van der Waals surface area contributed by atoms with Gasteiger partial charge in [-0.3, -0.25) is 0 Å². The lowest BCUT2D eigenvalue weighted by molar-refractivity contribution is 0.526. The van der Waals surface area contributed by atoms with Gasteiger partial charge in [-0.2, -0.15) is 0 Å². The molecule has 2 rings (SSSR count). The third kappa shape index (κ3) is 3.41. The molecule has 2 aromatic rings. The number of imidazole rings is 1. The minimum Gasteiger partial charge on any atom is -0.347 e. The SMILES string of the molecule is CCNC(Cc1cccc(Br)c1)c1ncc[nH]1. The van der Waals surface area contributed by atoms with E-state index >= 15 is 0 Å². The van der Waals surface area contributed by atoms with Crippen molar-refractivity contribution in [3.8, 4) is 0 Å². The van der Waals surface area contributed by atoms with Crippen LogP contribution in [0.25, 0.3) is 0 Å². The molecule has 4 heteroatoms. The first-order valence-electron chi connectivity index (χ1n) is 5.76. The molecule has 0 spiro atoms. The highest BCUT2D eigenvalue weighted by Crippen LogP contribution is 2.18. The average Bonchev–Trinajstić information content (AvgIpc) is 2.82. The van der Waals surface area contributed by atoms with E-state index in [0.717, 1.165) is 23.3 Å². The van der Waals surface area contributed by atoms with Crippen LogP contribution in [0.3, 0.4) is 0 Å². The molecule has 0 aliphatic heterocycles. The molecular weight excluding hydrogens is 278 g/mol. The lowest BCUT2D eigenvalue weighted by Gasteiger charge is -2.15. The fraction of sp³-hybridized carbons (Fsp3) is 0.308. The van der Waals surface area contributed by atoms with Crippen LogP contribution in [0.4, 0.5) is 0 Å². The van der Waals surface area contributed by atoms with Crippen LogP contribution in [-0.4, -0.2) is 16.5 Å². The van der Waals surface area contributed by atoms with Crippen LogP contribution in [0, 0.1) is 0 Å². The Hall–Kier alpha value is -1.13. The standard InChI is InChI=1S/C13H16BrN3/c1-2-15-12(13-16-6-7-17-13)9-10-4-3-5-11(14)8-10/h3-8,12,15H,2,9H2,1H3,(H,16,17). The minimum atomic E-state index is 0.240. The number of benzene rings is 1. The van der Waals surface area contributed by atoms with Gasteiger partial charge in [0.05, 0.1) is 6.04 Å². The Bertz CT molecular complexity index is 453. The van der Waals surface area contributed by atoms with Crippen molar-refractivity contribution in [2.75, 3.05) is 6.54 Å². The molecule has 1 heterocycles. The summed E-state index contributed by atoms with van der Waals surface area (Å²) in [7, 11) is 0. The van der Waals surface area contributed by atoms with Gasteiger partial charge >= 0.3 is 0 Å². The molecular formula is C13H16BrN3. The predicted octanol–water partition coefficient (Wildman–Crippen LogP) is 3.07. The maximum atomic E-state index is 4.32. The molecule has 2 N–H and O–H groups in total. The molecule has 0 bridgehead atoms. The summed E-state index contributed by atoms with van der Waals surface area (Å²) in [6.45, 7) is 3.04. The van der Waals surface area contributed by atoms with Gasteiger partial charge in [-0.1, -0.05) is 35.0 Å². The topological polar surface area (TPSA) is 40.7 Å². The van der Waals surface area contributed by atoms with Crippen LogP contribution in [0.15, 0.2) is 41.1 Å². The fourth-order valence-electron chi connectivity index (χ4n) is 1.88. The van der Waals surface area contributed by atoms with Crippen molar-refractivity contribution in [1.82, 2.24) is 15.3 Å². The fourth-order valence-corrected chi connectivity index (χ4v) is 2.33. The smallest absolute Gasteiger partial charge is 0.123 e. The van der Waals surface area contributed by atoms with E-state index in [2.05, 4.69) is 56.3 Å². The van der Waals surface area contributed by atoms with Crippen molar-refractivity contribution in [2.45, 2.75) is 19.4 Å². The second-order valence-electron chi connectivity index (χ2n) is 3.92. The summed E-state index contributed by atoms with van der Waals surface area (Å²) in [6, 6.07) is 8.62. The number of likely N-dealkylation sites (N-methyl/N-ethyl adjacent to an activating group) is 1. The van der Waals surface area contributed by atoms with Crippen molar-refractivity contribution in [1.29, 1.82) is 0 Å². The largest absolute Gasteiger partial charge is 0.347 e. The number of hydrogen-bond donors (Lipinski definition) is 2. The van der Waals surface area contributed by atoms with Gasteiger partial charge in [0.25, 0.3) is 0 Å². The Balaban J connectivity index is 2.13. The molecule has 90 valence electrons. The zero-order valence-electron chi connectivity index (χ0n) is 9.78. The number of nitrogens with one attached hydrogen (secondary N) is 2. The van der Waals surface area contributed by atoms with Gasteiger partial charge in [-0.25, -0.2) is 4.98 Å². The van der Waals surface area contributed by atoms with E-state index in [4.69, 9.17) is 0 Å². The van der Waals surface area contributed by atoms with Gasteiger partial charge < -0.3 is 10.3 Å². The van der Waals surface area contributed by atoms with Crippen LogP contribution in [-0.2, 0) is 6.42 Å². The van der Waals surface area contributed by atoms with Crippen LogP contribution in [0.2, 0.25) is 0 Å². The van der Waals surface area contributed by atoms with Gasteiger partial charge in [0.15, 0.2) is 0 Å². The Kier molecular flexibility index (Phi) is 4.34. The summed E-state index contributed by atoms with van der Waals surface area (Å²) in [5, 5.41) is 3.44. The zero-order valence-corrected chi connectivity index (χ0v) is 11.4. The summed E-state index contributed by atoms with van der Waals surface area (Å²) in [6.07, 6.45) is 4.59. The third-order valence-electron chi connectivity index (χ3n) is 2.63. The van der Waals surface area contributed by atoms with E-state index in [1.54, 1.807) is 6.20 Å². The zero-order chi connectivity index (χ0) is 12.1. The van der Waals surface area contributed by atoms with E-state index in [9.17, 15) is 0 Å². The summed E-state index contributed by atoms with van der Waals surface area (Å²) < 4.78 is 1.12. The van der Waals surface area contributed by atoms with Crippen molar-refractivity contribution in [3.63, 3.8) is 0 Å². The Morgan fingerprint density at radius 1 is 1.47 bits per heavy atom. The monoisotopic (exact) mass is 293 g/mol. The molecule has 0 aliphatic carbocycles. The minimum absolute atomic E-state index is 0.240. The van der Waals surface area contributed by atoms with Gasteiger partial charge in [0, 0.05) is 16.9 Å². The second kappa shape index (κ2) is 5.98. The number of rotatable bonds is 5. The number of nitrogens with zero attached hydrogens (tertiary/aromatic N) is 1. The first-order valence-corrected chi connectivity index (χ1v) is 6.56. The molecule has 0 saturated heterocycles. The maximum Gasteiger partial charge on any atom is 0.123 e. The number of aromatic amines is 1. The molecule has 3 nitrogen and oxygen atoms in total. The number of hydrogen-bond acceptors (Lipinski definition) is 2. The van der Waals surface area contributed by atoms with Crippen LogP contribution in [0.1, 0.15) is 24.4 Å². The van der Waals surface area contributed by atoms with Gasteiger partial charge in [-0.05, 0) is 30.7 Å². The van der Waals surface area contributed by atoms with Crippen LogP contribution in [0.5, 0.6) is 0 Å². The molecule has 0 saturated carbocycles. The third-order valence-corrected chi connectivity index (χ3v) is 3.12. The summed E-state index contributed by atoms with van der Waals surface area (Å²) in [5.41, 5.74) is 1.29. The first kappa shape index (κ1) is 12.3. The summed E-state index contributed by atoms with van der Waals surface area (Å²) in [4.78, 5) is 7.50. The quantitative estimate of drug-likeness (QED) is 0.889. The Morgan fingerprint density at radius 2 is 2.35 bits per heavy atom. The first-order chi connectivity index (χ1) is 8.29. The molecule has 0 amide bonds. The second-order valence-corrected chi connectivity index (χ2v) is 4.83. The Morgan fingerprint density at radius 3 is 3.00 bits per heavy atom. The summed E-state index contributed by atoms with van der Waals surface area (Å²) >= 11 is 3.50. The molecule has 1 aromatic carbocycles. The molecule has 0 radical (unpaired) electrons. The van der Waals surface area contributed by atoms with Gasteiger partial charge in [0.2, 0.25) is 0 Å². The van der Waals surface area contributed by atoms with Crippen molar-refractivity contribution in [2.24, 2.45) is 0 Å². The predicted molar refractivity (Wildman–Crippen MR) is 72.9 cm³/mol. The molecule has 0 fully saturated rings. The van der Waals surface area contributed by atoms with E-state index in [1.165, 1.54) is 5.56 Å². The van der Waals surface area contributed by atoms with Gasteiger partial charge in [-0.15, -0.1) is 0 Å². The highest BCUT2D eigenvalue weighted by molar-refractivity contribution is 9.10. The van der Waals surface area contributed by atoms with E-state index in [-0.39, 0.29) is 6.04 Å². The molecule has 0 aliphatic rings. The normalized spacial score (nSPS) is 12.6. The van der Waals surface area contributed by atoms with Gasteiger partial charge in [0.1, 0.15) is 5.82 Å². The highest BCUT2D eigenvalue weighted by atomic mass is 79.9. The van der Waals surface area contributed by atoms with Crippen molar-refractivity contribution >= 4 is 15.9 Å². The average molecular weight is 294 g/mol.